The van der Waals surface area contributed by atoms with Crippen molar-refractivity contribution in [3.63, 3.8) is 0 Å². The second-order valence-corrected chi connectivity index (χ2v) is 7.64. The molecule has 0 bridgehead atoms. The Hall–Kier alpha value is -2.54. The van der Waals surface area contributed by atoms with Gasteiger partial charge in [0.15, 0.2) is 11.0 Å². The number of para-hydroxylation sites is 1. The van der Waals surface area contributed by atoms with E-state index in [4.69, 9.17) is 9.40 Å². The molecule has 0 radical (unpaired) electrons. The Bertz CT molecular complexity index is 872. The van der Waals surface area contributed by atoms with Crippen molar-refractivity contribution in [2.75, 3.05) is 0 Å². The van der Waals surface area contributed by atoms with Gasteiger partial charge >= 0.3 is 0 Å². The lowest BCUT2D eigenvalue weighted by molar-refractivity contribution is -0.120. The highest BCUT2D eigenvalue weighted by Crippen LogP contribution is 2.39. The van der Waals surface area contributed by atoms with Crippen molar-refractivity contribution in [3.8, 4) is 5.69 Å². The monoisotopic (exact) mass is 368 g/mol. The van der Waals surface area contributed by atoms with E-state index in [0.29, 0.717) is 12.5 Å². The molecule has 1 amide bonds. The fraction of sp³-hybridized carbons (Fsp3) is 0.316. The summed E-state index contributed by atoms with van der Waals surface area (Å²) < 4.78 is 7.09. The van der Waals surface area contributed by atoms with Crippen LogP contribution in [0.5, 0.6) is 0 Å². The third-order valence-corrected chi connectivity index (χ3v) is 5.25. The zero-order chi connectivity index (χ0) is 17.9. The van der Waals surface area contributed by atoms with E-state index >= 15 is 0 Å². The molecule has 7 heteroatoms. The summed E-state index contributed by atoms with van der Waals surface area (Å²) in [6.07, 6.45) is 3.88. The first-order valence-corrected chi connectivity index (χ1v) is 9.58. The van der Waals surface area contributed by atoms with Gasteiger partial charge in [-0.05, 0) is 44.0 Å². The average molecular weight is 368 g/mol. The van der Waals surface area contributed by atoms with Crippen LogP contribution in [-0.2, 0) is 11.3 Å². The Morgan fingerprint density at radius 2 is 2.12 bits per heavy atom. The molecule has 0 spiro atoms. The quantitative estimate of drug-likeness (QED) is 0.646. The molecule has 0 unspecified atom stereocenters. The fourth-order valence-electron chi connectivity index (χ4n) is 2.58. The maximum absolute atomic E-state index is 12.4. The highest BCUT2D eigenvalue weighted by molar-refractivity contribution is 8.00. The summed E-state index contributed by atoms with van der Waals surface area (Å²) >= 11 is 1.42. The van der Waals surface area contributed by atoms with Gasteiger partial charge in [-0.1, -0.05) is 30.0 Å². The second kappa shape index (κ2) is 7.37. The molecule has 1 fully saturated rings. The molecule has 26 heavy (non-hydrogen) atoms. The predicted octanol–water partition coefficient (Wildman–Crippen LogP) is 3.53. The molecule has 3 aromatic rings. The maximum Gasteiger partial charge on any atom is 0.233 e. The molecule has 1 aromatic carbocycles. The van der Waals surface area contributed by atoms with Crippen molar-refractivity contribution in [1.82, 2.24) is 20.1 Å². The molecule has 1 atom stereocenters. The van der Waals surface area contributed by atoms with Crippen molar-refractivity contribution < 1.29 is 9.21 Å². The summed E-state index contributed by atoms with van der Waals surface area (Å²) in [6, 6.07) is 13.6. The summed E-state index contributed by atoms with van der Waals surface area (Å²) in [7, 11) is 0. The smallest absolute Gasteiger partial charge is 0.233 e. The highest BCUT2D eigenvalue weighted by Gasteiger charge is 2.30. The van der Waals surface area contributed by atoms with Crippen LogP contribution in [0.4, 0.5) is 0 Å². The number of benzene rings is 1. The van der Waals surface area contributed by atoms with E-state index in [2.05, 4.69) is 10.4 Å². The number of nitrogens with one attached hydrogen (secondary N) is 1. The molecule has 1 N–H and O–H groups in total. The number of furan rings is 1. The van der Waals surface area contributed by atoms with E-state index in [1.807, 2.05) is 48.0 Å². The largest absolute Gasteiger partial charge is 0.467 e. The van der Waals surface area contributed by atoms with E-state index in [9.17, 15) is 4.79 Å². The molecule has 134 valence electrons. The van der Waals surface area contributed by atoms with Gasteiger partial charge in [-0.2, -0.15) is 0 Å². The van der Waals surface area contributed by atoms with Gasteiger partial charge in [0.05, 0.1) is 23.7 Å². The topological polar surface area (TPSA) is 73.0 Å². The Kier molecular flexibility index (Phi) is 4.79. The number of hydrogen-bond donors (Lipinski definition) is 1. The number of carbonyl (C=O) groups is 1. The number of thioether (sulfide) groups is 1. The van der Waals surface area contributed by atoms with Crippen LogP contribution in [0.1, 0.15) is 37.3 Å². The minimum atomic E-state index is -0.288. The molecule has 4 rings (SSSR count). The van der Waals surface area contributed by atoms with Gasteiger partial charge in [-0.3, -0.25) is 4.79 Å². The number of hydrogen-bond acceptors (Lipinski definition) is 5. The summed E-state index contributed by atoms with van der Waals surface area (Å²) in [6.45, 7) is 2.26. The lowest BCUT2D eigenvalue weighted by atomic mass is 10.3. The lowest BCUT2D eigenvalue weighted by Crippen LogP contribution is -2.30. The molecule has 1 saturated carbocycles. The fourth-order valence-corrected chi connectivity index (χ4v) is 3.48. The van der Waals surface area contributed by atoms with Crippen LogP contribution < -0.4 is 5.32 Å². The van der Waals surface area contributed by atoms with Crippen LogP contribution in [0.15, 0.2) is 58.3 Å². The number of carbonyl (C=O) groups excluding carboxylic acids is 1. The molecule has 1 aliphatic carbocycles. The summed E-state index contributed by atoms with van der Waals surface area (Å²) in [5, 5.41) is 8.04. The molecular formula is C19H20N4O2S. The third-order valence-electron chi connectivity index (χ3n) is 4.21. The average Bonchev–Trinajstić information content (AvgIpc) is 3.22. The molecule has 0 aliphatic heterocycles. The third kappa shape index (κ3) is 3.83. The van der Waals surface area contributed by atoms with Gasteiger partial charge in [-0.15, -0.1) is 5.10 Å². The first-order chi connectivity index (χ1) is 12.7. The zero-order valence-electron chi connectivity index (χ0n) is 14.5. The minimum absolute atomic E-state index is 0.0537. The molecule has 0 saturated heterocycles. The van der Waals surface area contributed by atoms with E-state index in [1.165, 1.54) is 11.8 Å². The maximum atomic E-state index is 12.4. The first kappa shape index (κ1) is 16.9. The van der Waals surface area contributed by atoms with Crippen molar-refractivity contribution in [1.29, 1.82) is 0 Å². The Morgan fingerprint density at radius 3 is 2.81 bits per heavy atom. The van der Waals surface area contributed by atoms with Gasteiger partial charge < -0.3 is 9.73 Å². The van der Waals surface area contributed by atoms with E-state index in [0.717, 1.165) is 35.3 Å². The van der Waals surface area contributed by atoms with E-state index in [-0.39, 0.29) is 11.2 Å². The summed E-state index contributed by atoms with van der Waals surface area (Å²) in [4.78, 5) is 17.1. The standard InChI is InChI=1S/C19H20N4O2S/c1-13(18(24)20-12-16-8-5-11-25-16)26-19-21-17(14-9-10-14)22-23(19)15-6-3-2-4-7-15/h2-8,11,13-14H,9-10,12H2,1H3,(H,20,24)/t13-/m0/s1. The van der Waals surface area contributed by atoms with Crippen LogP contribution in [0.3, 0.4) is 0 Å². The van der Waals surface area contributed by atoms with Crippen molar-refractivity contribution in [3.05, 3.63) is 60.3 Å². The van der Waals surface area contributed by atoms with Gasteiger partial charge in [0.1, 0.15) is 5.76 Å². The van der Waals surface area contributed by atoms with Crippen LogP contribution in [0, 0.1) is 0 Å². The molecular weight excluding hydrogens is 348 g/mol. The Labute approximate surface area is 156 Å². The number of aromatic nitrogens is 3. The van der Waals surface area contributed by atoms with Gasteiger partial charge in [0, 0.05) is 5.92 Å². The SMILES string of the molecule is C[C@H](Sc1nc(C2CC2)nn1-c1ccccc1)C(=O)NCc1ccco1. The van der Waals surface area contributed by atoms with Crippen LogP contribution in [0.2, 0.25) is 0 Å². The van der Waals surface area contributed by atoms with Gasteiger partial charge in [0.25, 0.3) is 0 Å². The Morgan fingerprint density at radius 1 is 1.31 bits per heavy atom. The zero-order valence-corrected chi connectivity index (χ0v) is 15.3. The number of nitrogens with zero attached hydrogens (tertiary/aromatic N) is 3. The van der Waals surface area contributed by atoms with Crippen molar-refractivity contribution >= 4 is 17.7 Å². The lowest BCUT2D eigenvalue weighted by Gasteiger charge is -2.11. The normalized spacial score (nSPS) is 15.0. The van der Waals surface area contributed by atoms with E-state index < -0.39 is 0 Å². The molecule has 1 aliphatic rings. The van der Waals surface area contributed by atoms with Crippen LogP contribution >= 0.6 is 11.8 Å². The second-order valence-electron chi connectivity index (χ2n) is 6.33. The first-order valence-electron chi connectivity index (χ1n) is 8.70. The van der Waals surface area contributed by atoms with Crippen molar-refractivity contribution in [2.45, 2.75) is 42.6 Å². The molecule has 2 aromatic heterocycles. The van der Waals surface area contributed by atoms with Crippen LogP contribution in [-0.4, -0.2) is 25.9 Å². The number of amides is 1. The highest BCUT2D eigenvalue weighted by atomic mass is 32.2. The molecule has 2 heterocycles. The Balaban J connectivity index is 1.48. The van der Waals surface area contributed by atoms with Crippen LogP contribution in [0.25, 0.3) is 5.69 Å². The summed E-state index contributed by atoms with van der Waals surface area (Å²) in [5.41, 5.74) is 0.956. The minimum Gasteiger partial charge on any atom is -0.467 e. The number of rotatable bonds is 7. The predicted molar refractivity (Wildman–Crippen MR) is 99.2 cm³/mol. The van der Waals surface area contributed by atoms with Crippen molar-refractivity contribution in [2.24, 2.45) is 0 Å². The van der Waals surface area contributed by atoms with Gasteiger partial charge in [-0.25, -0.2) is 9.67 Å². The van der Waals surface area contributed by atoms with E-state index in [1.54, 1.807) is 12.3 Å². The summed E-state index contributed by atoms with van der Waals surface area (Å²) in [5.74, 6) is 2.02. The van der Waals surface area contributed by atoms with Gasteiger partial charge in [0.2, 0.25) is 5.91 Å². The molecule has 6 nitrogen and oxygen atoms in total.